The fraction of sp³-hybridized carbons (Fsp3) is 0.500. The Morgan fingerprint density at radius 2 is 1.83 bits per heavy atom. The van der Waals surface area contributed by atoms with E-state index in [-0.39, 0.29) is 25.3 Å². The number of piperidine rings is 1. The molecule has 1 amide bonds. The van der Waals surface area contributed by atoms with Crippen LogP contribution >= 0.6 is 0 Å². The summed E-state index contributed by atoms with van der Waals surface area (Å²) < 4.78 is 42.9. The molecule has 3 aromatic rings. The zero-order valence-electron chi connectivity index (χ0n) is 19.7. The van der Waals surface area contributed by atoms with E-state index in [0.29, 0.717) is 41.1 Å². The van der Waals surface area contributed by atoms with Crippen LogP contribution in [0.5, 0.6) is 0 Å². The number of nitrogens with two attached hydrogens (primary N) is 3. The largest absolute Gasteiger partial charge is 0.404 e. The van der Waals surface area contributed by atoms with Crippen LogP contribution in [-0.2, 0) is 10.3 Å². The number of alkyl halides is 3. The number of nitrogen functional groups attached to an aromatic ring is 2. The molecule has 192 valence electrons. The molecule has 2 aromatic heterocycles. The average molecular weight is 503 g/mol. The highest BCUT2D eigenvalue weighted by molar-refractivity contribution is 5.91. The van der Waals surface area contributed by atoms with Crippen molar-refractivity contribution in [3.05, 3.63) is 30.0 Å². The van der Waals surface area contributed by atoms with Gasteiger partial charge in [0.2, 0.25) is 11.9 Å². The molecule has 5 rings (SSSR count). The van der Waals surface area contributed by atoms with Crippen LogP contribution in [-0.4, -0.2) is 49.7 Å². The summed E-state index contributed by atoms with van der Waals surface area (Å²) in [4.78, 5) is 22.3. The second kappa shape index (κ2) is 8.91. The topological polar surface area (TPSA) is 153 Å². The highest BCUT2D eigenvalue weighted by Gasteiger charge is 2.55. The van der Waals surface area contributed by atoms with Crippen LogP contribution in [0.2, 0.25) is 0 Å². The Bertz CT molecular complexity index is 1280. The van der Waals surface area contributed by atoms with Crippen molar-refractivity contribution in [3.63, 3.8) is 0 Å². The van der Waals surface area contributed by atoms with Gasteiger partial charge in [0.25, 0.3) is 0 Å². The molecule has 9 nitrogen and oxygen atoms in total. The lowest BCUT2D eigenvalue weighted by atomic mass is 9.74. The van der Waals surface area contributed by atoms with Gasteiger partial charge in [-0.1, -0.05) is 25.3 Å². The number of likely N-dealkylation sites (tertiary alicyclic amines) is 1. The fourth-order valence-corrected chi connectivity index (χ4v) is 5.90. The van der Waals surface area contributed by atoms with Crippen LogP contribution in [0.3, 0.4) is 0 Å². The Morgan fingerprint density at radius 1 is 1.08 bits per heavy atom. The zero-order valence-corrected chi connectivity index (χ0v) is 19.7. The van der Waals surface area contributed by atoms with E-state index in [2.05, 4.69) is 20.2 Å². The van der Waals surface area contributed by atoms with Crippen LogP contribution in [0, 0.1) is 5.92 Å². The molecule has 7 N–H and O–H groups in total. The number of nitrogens with zero attached hydrogens (tertiary/aromatic N) is 4. The first-order chi connectivity index (χ1) is 17.1. The Hall–Kier alpha value is -3.41. The minimum absolute atomic E-state index is 0.0244. The van der Waals surface area contributed by atoms with Crippen molar-refractivity contribution in [1.29, 1.82) is 0 Å². The number of nitrogens with one attached hydrogen (secondary N) is 1. The highest BCUT2D eigenvalue weighted by atomic mass is 19.4. The molecule has 2 fully saturated rings. The molecule has 0 bridgehead atoms. The molecule has 2 atom stereocenters. The number of fused-ring (bicyclic) bond motifs is 1. The number of benzene rings is 1. The lowest BCUT2D eigenvalue weighted by Gasteiger charge is -2.52. The van der Waals surface area contributed by atoms with Gasteiger partial charge in [-0.15, -0.1) is 0 Å². The number of H-pyrrole nitrogens is 1. The molecule has 0 spiro atoms. The Kier molecular flexibility index (Phi) is 6.01. The van der Waals surface area contributed by atoms with Crippen LogP contribution in [0.1, 0.15) is 50.6 Å². The second-order valence-electron chi connectivity index (χ2n) is 9.84. The predicted octanol–water partition coefficient (Wildman–Crippen LogP) is 3.47. The summed E-state index contributed by atoms with van der Waals surface area (Å²) in [5.41, 5.74) is 18.8. The number of carbonyl (C=O) groups is 1. The molecule has 12 heteroatoms. The van der Waals surface area contributed by atoms with Crippen molar-refractivity contribution in [2.45, 2.75) is 62.7 Å². The molecule has 0 radical (unpaired) electrons. The molecule has 1 aliphatic heterocycles. The van der Waals surface area contributed by atoms with Crippen LogP contribution in [0.4, 0.5) is 24.9 Å². The number of hydrogen-bond donors (Lipinski definition) is 4. The van der Waals surface area contributed by atoms with Crippen molar-refractivity contribution in [3.8, 4) is 11.3 Å². The normalized spacial score (nSPS) is 23.1. The Morgan fingerprint density at radius 3 is 2.53 bits per heavy atom. The number of halogens is 3. The Balaban J connectivity index is 1.63. The van der Waals surface area contributed by atoms with Gasteiger partial charge in [0.1, 0.15) is 6.04 Å². The van der Waals surface area contributed by atoms with E-state index in [1.807, 2.05) is 12.1 Å². The third-order valence-corrected chi connectivity index (χ3v) is 7.70. The summed E-state index contributed by atoms with van der Waals surface area (Å²) in [6.07, 6.45) is -1.21. The molecule has 3 heterocycles. The van der Waals surface area contributed by atoms with Crippen molar-refractivity contribution >= 4 is 28.6 Å². The second-order valence-corrected chi connectivity index (χ2v) is 9.84. The van der Waals surface area contributed by atoms with Crippen molar-refractivity contribution < 1.29 is 18.0 Å². The number of rotatable bonds is 4. The molecule has 1 aromatic carbocycles. The lowest BCUT2D eigenvalue weighted by molar-refractivity contribution is -0.217. The van der Waals surface area contributed by atoms with Crippen LogP contribution < -0.4 is 17.2 Å². The molecule has 2 unspecified atom stereocenters. The minimum Gasteiger partial charge on any atom is -0.382 e. The number of hydrogen-bond acceptors (Lipinski definition) is 7. The molecule has 1 saturated carbocycles. The van der Waals surface area contributed by atoms with Gasteiger partial charge in [-0.3, -0.25) is 14.8 Å². The molecule has 2 aliphatic rings. The summed E-state index contributed by atoms with van der Waals surface area (Å²) in [6, 6.07) is 5.47. The Labute approximate surface area is 205 Å². The lowest BCUT2D eigenvalue weighted by Crippen LogP contribution is -2.62. The first-order valence-electron chi connectivity index (χ1n) is 12.1. The van der Waals surface area contributed by atoms with Crippen LogP contribution in [0.25, 0.3) is 22.2 Å². The van der Waals surface area contributed by atoms with E-state index in [1.54, 1.807) is 12.1 Å². The first kappa shape index (κ1) is 24.3. The van der Waals surface area contributed by atoms with Gasteiger partial charge in [-0.05, 0) is 43.9 Å². The summed E-state index contributed by atoms with van der Waals surface area (Å²) >= 11 is 0. The number of amides is 1. The predicted molar refractivity (Wildman–Crippen MR) is 129 cm³/mol. The minimum atomic E-state index is -4.46. The number of aromatic amines is 1. The summed E-state index contributed by atoms with van der Waals surface area (Å²) in [6.45, 7) is -0.0713. The maximum atomic E-state index is 14.3. The van der Waals surface area contributed by atoms with E-state index in [9.17, 15) is 18.0 Å². The first-order valence-corrected chi connectivity index (χ1v) is 12.1. The van der Waals surface area contributed by atoms with Gasteiger partial charge >= 0.3 is 6.18 Å². The molecular weight excluding hydrogens is 473 g/mol. The number of primary amides is 1. The fourth-order valence-electron chi connectivity index (χ4n) is 5.90. The zero-order chi connectivity index (χ0) is 25.7. The third-order valence-electron chi connectivity index (χ3n) is 7.70. The summed E-state index contributed by atoms with van der Waals surface area (Å²) in [5, 5.41) is 7.62. The number of aromatic nitrogens is 4. The van der Waals surface area contributed by atoms with Gasteiger partial charge in [0, 0.05) is 17.5 Å². The summed E-state index contributed by atoms with van der Waals surface area (Å²) in [7, 11) is 0. The van der Waals surface area contributed by atoms with E-state index in [4.69, 9.17) is 17.2 Å². The molecule has 36 heavy (non-hydrogen) atoms. The van der Waals surface area contributed by atoms with Gasteiger partial charge in [-0.25, -0.2) is 9.97 Å². The number of carbonyl (C=O) groups excluding carboxylic acids is 1. The average Bonchev–Trinajstić information content (AvgIpc) is 3.23. The van der Waals surface area contributed by atoms with Crippen molar-refractivity contribution in [2.75, 3.05) is 18.0 Å². The van der Waals surface area contributed by atoms with Crippen LogP contribution in [0.15, 0.2) is 24.3 Å². The molecule has 1 saturated heterocycles. The van der Waals surface area contributed by atoms with Gasteiger partial charge in [-0.2, -0.15) is 18.3 Å². The number of anilines is 2. The van der Waals surface area contributed by atoms with Gasteiger partial charge in [0.05, 0.1) is 28.4 Å². The highest BCUT2D eigenvalue weighted by Crippen LogP contribution is 2.48. The van der Waals surface area contributed by atoms with E-state index in [1.165, 1.54) is 4.90 Å². The third kappa shape index (κ3) is 4.23. The van der Waals surface area contributed by atoms with Gasteiger partial charge in [0.15, 0.2) is 5.82 Å². The monoisotopic (exact) mass is 502 g/mol. The van der Waals surface area contributed by atoms with E-state index < -0.39 is 29.6 Å². The van der Waals surface area contributed by atoms with Crippen molar-refractivity contribution in [1.82, 2.24) is 25.1 Å². The maximum absolute atomic E-state index is 14.3. The maximum Gasteiger partial charge on any atom is 0.404 e. The molecule has 1 aliphatic carbocycles. The van der Waals surface area contributed by atoms with Gasteiger partial charge < -0.3 is 17.2 Å². The standard InChI is InChI=1S/C24H29F3N8O/c25-24(26,27)19-7-5-14(21(29)36)12-35(19)23(8-2-1-3-9-23)18-11-16(31-22(30)32-18)13-4-6-15-17(10-13)33-34-20(15)28/h4,6,10-11,14,19H,1-3,5,7-9,12H2,(H2,29,36)(H3,28,33,34)(H2,30,31,32). The summed E-state index contributed by atoms with van der Waals surface area (Å²) in [5.74, 6) is -0.896. The van der Waals surface area contributed by atoms with E-state index >= 15 is 0 Å². The van der Waals surface area contributed by atoms with E-state index in [0.717, 1.165) is 24.6 Å². The van der Waals surface area contributed by atoms with Crippen molar-refractivity contribution in [2.24, 2.45) is 11.7 Å². The smallest absolute Gasteiger partial charge is 0.382 e. The quantitative estimate of drug-likeness (QED) is 0.426. The molecular formula is C24H29F3N8O. The SMILES string of the molecule is NC(=O)C1CCC(C(F)(F)F)N(C2(c3cc(-c4ccc5c(N)n[nH]c5c4)nc(N)n3)CCCCC2)C1.